The summed E-state index contributed by atoms with van der Waals surface area (Å²) in [6.45, 7) is 1.90. The Labute approximate surface area is 194 Å². The minimum atomic E-state index is -4.91. The summed E-state index contributed by atoms with van der Waals surface area (Å²) in [6.07, 6.45) is -2.52. The van der Waals surface area contributed by atoms with E-state index >= 15 is 0 Å². The molecular weight excluding hydrogens is 478 g/mol. The van der Waals surface area contributed by atoms with Crippen molar-refractivity contribution in [2.24, 2.45) is 0 Å². The number of nitrogens with one attached hydrogen (secondary N) is 3. The number of amides is 2. The normalized spacial score (nSPS) is 12.3. The van der Waals surface area contributed by atoms with Crippen molar-refractivity contribution in [2.45, 2.75) is 25.7 Å². The first kappa shape index (κ1) is 25.0. The molecule has 0 bridgehead atoms. The molecule has 9 nitrogen and oxygen atoms in total. The van der Waals surface area contributed by atoms with Crippen molar-refractivity contribution >= 4 is 34.7 Å². The Bertz CT molecular complexity index is 1220. The number of nitrogens with two attached hydrogens (primary N) is 1. The Morgan fingerprint density at radius 1 is 1.18 bits per heavy atom. The zero-order chi connectivity index (χ0) is 25.0. The number of hydrogen-bond donors (Lipinski definition) is 4. The van der Waals surface area contributed by atoms with Crippen LogP contribution in [0.5, 0.6) is 0 Å². The van der Waals surface area contributed by atoms with E-state index < -0.39 is 35.4 Å². The average molecular weight is 497 g/mol. The molecule has 1 atom stereocenters. The number of anilines is 2. The van der Waals surface area contributed by atoms with Crippen LogP contribution in [0, 0.1) is 5.82 Å². The lowest BCUT2D eigenvalue weighted by atomic mass is 10.2. The molecule has 3 aromatic rings. The zero-order valence-electron chi connectivity index (χ0n) is 17.8. The molecule has 14 heteroatoms. The first-order chi connectivity index (χ1) is 16.0. The van der Waals surface area contributed by atoms with Gasteiger partial charge < -0.3 is 21.7 Å². The SMILES string of the molecule is CNCc1c(N)ncnc1C(=O)NC(C)c1ncc(C(=O)Nc2ccc(F)c(C(F)(F)F)c2)s1. The molecular formula is C20H19F4N7O2S. The lowest BCUT2D eigenvalue weighted by Gasteiger charge is -2.14. The van der Waals surface area contributed by atoms with E-state index in [4.69, 9.17) is 5.73 Å². The van der Waals surface area contributed by atoms with Gasteiger partial charge in [-0.25, -0.2) is 19.3 Å². The molecule has 1 aromatic carbocycles. The number of thiazole rings is 1. The van der Waals surface area contributed by atoms with Crippen LogP contribution in [-0.2, 0) is 12.7 Å². The molecule has 0 fully saturated rings. The van der Waals surface area contributed by atoms with Gasteiger partial charge in [0.25, 0.3) is 11.8 Å². The van der Waals surface area contributed by atoms with Crippen molar-refractivity contribution in [3.63, 3.8) is 0 Å². The number of rotatable bonds is 7. The Morgan fingerprint density at radius 3 is 2.59 bits per heavy atom. The molecule has 2 heterocycles. The van der Waals surface area contributed by atoms with Crippen LogP contribution in [0.2, 0.25) is 0 Å². The van der Waals surface area contributed by atoms with Crippen LogP contribution in [0.4, 0.5) is 29.1 Å². The van der Waals surface area contributed by atoms with Gasteiger partial charge >= 0.3 is 6.18 Å². The summed E-state index contributed by atoms with van der Waals surface area (Å²) in [7, 11) is 1.68. The van der Waals surface area contributed by atoms with Gasteiger partial charge in [0.1, 0.15) is 33.5 Å². The second-order valence-corrected chi connectivity index (χ2v) is 8.08. The fourth-order valence-electron chi connectivity index (χ4n) is 2.91. The summed E-state index contributed by atoms with van der Waals surface area (Å²) in [6, 6.07) is 1.52. The molecule has 1 unspecified atom stereocenters. The van der Waals surface area contributed by atoms with Crippen LogP contribution in [0.15, 0.2) is 30.7 Å². The summed E-state index contributed by atoms with van der Waals surface area (Å²) < 4.78 is 52.1. The molecule has 0 saturated carbocycles. The smallest absolute Gasteiger partial charge is 0.383 e. The molecule has 180 valence electrons. The molecule has 2 aromatic heterocycles. The van der Waals surface area contributed by atoms with Crippen molar-refractivity contribution in [1.29, 1.82) is 0 Å². The third kappa shape index (κ3) is 5.63. The fraction of sp³-hybridized carbons (Fsp3) is 0.250. The molecule has 0 radical (unpaired) electrons. The van der Waals surface area contributed by atoms with Crippen molar-refractivity contribution in [3.05, 3.63) is 63.2 Å². The number of hydrogen-bond acceptors (Lipinski definition) is 8. The van der Waals surface area contributed by atoms with Crippen molar-refractivity contribution in [2.75, 3.05) is 18.1 Å². The number of nitrogen functional groups attached to an aromatic ring is 1. The number of alkyl halides is 3. The second-order valence-electron chi connectivity index (χ2n) is 7.02. The Kier molecular flexibility index (Phi) is 7.41. The van der Waals surface area contributed by atoms with Crippen molar-refractivity contribution in [1.82, 2.24) is 25.6 Å². The van der Waals surface area contributed by atoms with Crippen LogP contribution in [-0.4, -0.2) is 33.8 Å². The van der Waals surface area contributed by atoms with Crippen LogP contribution in [0.3, 0.4) is 0 Å². The van der Waals surface area contributed by atoms with Crippen LogP contribution in [0.1, 0.15) is 49.3 Å². The summed E-state index contributed by atoms with van der Waals surface area (Å²) in [5.41, 5.74) is 4.61. The van der Waals surface area contributed by atoms with Gasteiger partial charge in [-0.1, -0.05) is 0 Å². The van der Waals surface area contributed by atoms with E-state index in [0.29, 0.717) is 22.7 Å². The monoisotopic (exact) mass is 497 g/mol. The van der Waals surface area contributed by atoms with E-state index in [-0.39, 0.29) is 28.6 Å². The van der Waals surface area contributed by atoms with Gasteiger partial charge in [-0.2, -0.15) is 13.2 Å². The molecule has 2 amide bonds. The summed E-state index contributed by atoms with van der Waals surface area (Å²) in [4.78, 5) is 37.2. The van der Waals surface area contributed by atoms with Gasteiger partial charge in [0.15, 0.2) is 0 Å². The van der Waals surface area contributed by atoms with E-state index in [2.05, 4.69) is 30.9 Å². The predicted molar refractivity (Wildman–Crippen MR) is 117 cm³/mol. The summed E-state index contributed by atoms with van der Waals surface area (Å²) in [5, 5.41) is 8.24. The number of carbonyl (C=O) groups excluding carboxylic acids is 2. The number of benzene rings is 1. The van der Waals surface area contributed by atoms with E-state index in [1.54, 1.807) is 14.0 Å². The topological polar surface area (TPSA) is 135 Å². The van der Waals surface area contributed by atoms with E-state index in [1.807, 2.05) is 0 Å². The zero-order valence-corrected chi connectivity index (χ0v) is 18.6. The van der Waals surface area contributed by atoms with Gasteiger partial charge in [0.05, 0.1) is 17.8 Å². The number of nitrogens with zero attached hydrogens (tertiary/aromatic N) is 3. The number of carbonyl (C=O) groups is 2. The van der Waals surface area contributed by atoms with Gasteiger partial charge in [-0.15, -0.1) is 11.3 Å². The molecule has 0 aliphatic heterocycles. The standard InChI is InChI=1S/C20H19F4N7O2S/c1-9(30-18(33)15-11(6-26-2)16(25)29-8-28-15)19-27-7-14(34-19)17(32)31-10-3-4-13(21)12(5-10)20(22,23)24/h3-5,7-9,26H,6H2,1-2H3,(H,30,33)(H,31,32)(H2,25,28,29). The third-order valence-electron chi connectivity index (χ3n) is 4.54. The van der Waals surface area contributed by atoms with E-state index in [0.717, 1.165) is 17.4 Å². The van der Waals surface area contributed by atoms with Gasteiger partial charge in [0, 0.05) is 17.8 Å². The summed E-state index contributed by atoms with van der Waals surface area (Å²) in [5.74, 6) is -2.55. The molecule has 0 aliphatic rings. The first-order valence-corrected chi connectivity index (χ1v) is 10.5. The minimum Gasteiger partial charge on any atom is -0.383 e. The second kappa shape index (κ2) is 10.1. The molecule has 0 spiro atoms. The maximum absolute atomic E-state index is 13.4. The van der Waals surface area contributed by atoms with Gasteiger partial charge in [-0.3, -0.25) is 9.59 Å². The highest BCUT2D eigenvalue weighted by atomic mass is 32.1. The predicted octanol–water partition coefficient (Wildman–Crippen LogP) is 3.14. The molecule has 34 heavy (non-hydrogen) atoms. The maximum Gasteiger partial charge on any atom is 0.419 e. The molecule has 3 rings (SSSR count). The molecule has 5 N–H and O–H groups in total. The van der Waals surface area contributed by atoms with Gasteiger partial charge in [-0.05, 0) is 32.2 Å². The summed E-state index contributed by atoms with van der Waals surface area (Å²) >= 11 is 0.932. The Hall–Kier alpha value is -3.65. The first-order valence-electron chi connectivity index (χ1n) is 9.70. The lowest BCUT2D eigenvalue weighted by molar-refractivity contribution is -0.139. The Balaban J connectivity index is 1.71. The number of halogens is 4. The Morgan fingerprint density at radius 2 is 1.91 bits per heavy atom. The lowest BCUT2D eigenvalue weighted by Crippen LogP contribution is -2.29. The quantitative estimate of drug-likeness (QED) is 0.369. The van der Waals surface area contributed by atoms with Gasteiger partial charge in [0.2, 0.25) is 0 Å². The highest BCUT2D eigenvalue weighted by Gasteiger charge is 2.34. The fourth-order valence-corrected chi connectivity index (χ4v) is 3.72. The maximum atomic E-state index is 13.4. The highest BCUT2D eigenvalue weighted by Crippen LogP contribution is 2.33. The van der Waals surface area contributed by atoms with Crippen molar-refractivity contribution < 1.29 is 27.2 Å². The molecule has 0 aliphatic carbocycles. The molecule has 0 saturated heterocycles. The van der Waals surface area contributed by atoms with Crippen LogP contribution >= 0.6 is 11.3 Å². The van der Waals surface area contributed by atoms with E-state index in [1.165, 1.54) is 12.5 Å². The van der Waals surface area contributed by atoms with E-state index in [9.17, 15) is 27.2 Å². The largest absolute Gasteiger partial charge is 0.419 e. The minimum absolute atomic E-state index is 0.0798. The van der Waals surface area contributed by atoms with Crippen LogP contribution < -0.4 is 21.7 Å². The van der Waals surface area contributed by atoms with Crippen molar-refractivity contribution in [3.8, 4) is 0 Å². The van der Waals surface area contributed by atoms with Crippen LogP contribution in [0.25, 0.3) is 0 Å². The number of aromatic nitrogens is 3. The third-order valence-corrected chi connectivity index (χ3v) is 5.72. The average Bonchev–Trinajstić information content (AvgIpc) is 3.26. The highest BCUT2D eigenvalue weighted by molar-refractivity contribution is 7.13.